The number of Topliss-reactive ketones (excluding diaryl/α,β-unsaturated/α-hetero) is 1. The van der Waals surface area contributed by atoms with Gasteiger partial charge < -0.3 is 30.1 Å². The molecular weight excluding hydrogens is 693 g/mol. The van der Waals surface area contributed by atoms with Crippen LogP contribution in [0.2, 0.25) is 0 Å². The van der Waals surface area contributed by atoms with Gasteiger partial charge in [-0.3, -0.25) is 10.1 Å². The largest absolute Gasteiger partial charge is 0.508 e. The van der Waals surface area contributed by atoms with Gasteiger partial charge >= 0.3 is 0 Å². The maximum Gasteiger partial charge on any atom is 0.168 e. The molecule has 0 bridgehead atoms. The normalized spacial score (nSPS) is 18.8. The van der Waals surface area contributed by atoms with Gasteiger partial charge in [-0.25, -0.2) is 0 Å². The zero-order valence-corrected chi connectivity index (χ0v) is 31.9. The van der Waals surface area contributed by atoms with Crippen molar-refractivity contribution in [3.8, 4) is 34.1 Å². The third-order valence-electron chi connectivity index (χ3n) is 10.2. The van der Waals surface area contributed by atoms with E-state index in [9.17, 15) is 20.1 Å². The molecule has 4 aromatic rings. The first-order chi connectivity index (χ1) is 25.3. The lowest BCUT2D eigenvalue weighted by Crippen LogP contribution is -2.38. The highest BCUT2D eigenvalue weighted by Gasteiger charge is 2.26. The molecule has 0 radical (unpaired) electrons. The fourth-order valence-electron chi connectivity index (χ4n) is 7.67. The molecule has 0 amide bonds. The SMILES string of the molecule is CNCc1cc(O)cc([C@@H](NC2CCCCC2)O[C@H]2CCCCSSCc3c(ccc4ccc(O)cc34)-c3c(ccc(O)c3OC)CCC(=O)C2)c1. The van der Waals surface area contributed by atoms with Crippen molar-refractivity contribution in [2.24, 2.45) is 0 Å². The second-order valence-corrected chi connectivity index (χ2v) is 16.7. The van der Waals surface area contributed by atoms with E-state index >= 15 is 0 Å². The molecular formula is C42H52N2O6S2. The Morgan fingerprint density at radius 3 is 2.48 bits per heavy atom. The van der Waals surface area contributed by atoms with Crippen LogP contribution in [0, 0.1) is 0 Å². The van der Waals surface area contributed by atoms with E-state index < -0.39 is 6.23 Å². The number of aryl methyl sites for hydroxylation is 1. The molecule has 1 aliphatic carbocycles. The quantitative estimate of drug-likeness (QED) is 0.0882. The second-order valence-electron chi connectivity index (χ2n) is 14.1. The topological polar surface area (TPSA) is 120 Å². The van der Waals surface area contributed by atoms with Crippen molar-refractivity contribution in [3.05, 3.63) is 82.9 Å². The first kappa shape index (κ1) is 38.3. The van der Waals surface area contributed by atoms with Crippen LogP contribution >= 0.6 is 21.6 Å². The predicted octanol–water partition coefficient (Wildman–Crippen LogP) is 9.31. The van der Waals surface area contributed by atoms with Crippen LogP contribution < -0.4 is 15.4 Å². The highest BCUT2D eigenvalue weighted by atomic mass is 33.1. The van der Waals surface area contributed by atoms with Gasteiger partial charge in [0, 0.05) is 42.5 Å². The lowest BCUT2D eigenvalue weighted by atomic mass is 9.89. The zero-order valence-electron chi connectivity index (χ0n) is 30.3. The van der Waals surface area contributed by atoms with Crippen molar-refractivity contribution >= 4 is 38.1 Å². The van der Waals surface area contributed by atoms with Gasteiger partial charge in [0.15, 0.2) is 11.5 Å². The minimum absolute atomic E-state index is 0.0424. The fraction of sp³-hybridized carbons (Fsp3) is 0.452. The highest BCUT2D eigenvalue weighted by molar-refractivity contribution is 8.76. The molecule has 1 aliphatic heterocycles. The van der Waals surface area contributed by atoms with Gasteiger partial charge in [0.25, 0.3) is 0 Å². The average Bonchev–Trinajstić information content (AvgIpc) is 3.13. The van der Waals surface area contributed by atoms with Crippen molar-refractivity contribution in [3.63, 3.8) is 0 Å². The molecule has 4 aromatic carbocycles. The number of carbonyl (C=O) groups excluding carboxylic acids is 1. The van der Waals surface area contributed by atoms with E-state index in [0.29, 0.717) is 36.9 Å². The summed E-state index contributed by atoms with van der Waals surface area (Å²) in [5.41, 5.74) is 5.53. The van der Waals surface area contributed by atoms with Crippen LogP contribution in [-0.2, 0) is 28.2 Å². The summed E-state index contributed by atoms with van der Waals surface area (Å²) in [5.74, 6) is 2.59. The summed E-state index contributed by atoms with van der Waals surface area (Å²) in [6, 6.07) is 19.0. The van der Waals surface area contributed by atoms with E-state index in [4.69, 9.17) is 9.47 Å². The lowest BCUT2D eigenvalue weighted by Gasteiger charge is -2.32. The molecule has 6 rings (SSSR count). The van der Waals surface area contributed by atoms with Gasteiger partial charge in [-0.15, -0.1) is 0 Å². The lowest BCUT2D eigenvalue weighted by molar-refractivity contribution is -0.124. The first-order valence-electron chi connectivity index (χ1n) is 18.6. The molecule has 0 saturated heterocycles. The molecule has 0 spiro atoms. The fourth-order valence-corrected chi connectivity index (χ4v) is 9.93. The van der Waals surface area contributed by atoms with E-state index in [1.54, 1.807) is 42.2 Å². The number of phenols is 3. The minimum Gasteiger partial charge on any atom is -0.508 e. The van der Waals surface area contributed by atoms with Crippen LogP contribution in [0.15, 0.2) is 60.7 Å². The molecule has 0 aromatic heterocycles. The van der Waals surface area contributed by atoms with E-state index in [2.05, 4.69) is 22.8 Å². The number of aromatic hydroxyl groups is 3. The summed E-state index contributed by atoms with van der Waals surface area (Å²) in [5, 5.41) is 41.0. The Morgan fingerprint density at radius 2 is 1.67 bits per heavy atom. The highest BCUT2D eigenvalue weighted by Crippen LogP contribution is 2.46. The number of hydrogen-bond acceptors (Lipinski definition) is 10. The molecule has 8 nitrogen and oxygen atoms in total. The van der Waals surface area contributed by atoms with Crippen molar-refractivity contribution < 1.29 is 29.6 Å². The predicted molar refractivity (Wildman–Crippen MR) is 213 cm³/mol. The molecule has 1 fully saturated rings. The van der Waals surface area contributed by atoms with Gasteiger partial charge in [-0.1, -0.05) is 77.6 Å². The summed E-state index contributed by atoms with van der Waals surface area (Å²) in [6.07, 6.45) is 8.78. The number of methoxy groups -OCH3 is 1. The Labute approximate surface area is 315 Å². The Bertz CT molecular complexity index is 1830. The summed E-state index contributed by atoms with van der Waals surface area (Å²) in [4.78, 5) is 13.9. The van der Waals surface area contributed by atoms with Crippen molar-refractivity contribution in [1.29, 1.82) is 0 Å². The molecule has 278 valence electrons. The number of benzene rings is 4. The number of carbonyl (C=O) groups is 1. The Balaban J connectivity index is 1.30. The minimum atomic E-state index is -0.446. The van der Waals surface area contributed by atoms with Crippen molar-refractivity contribution in [1.82, 2.24) is 10.6 Å². The second kappa shape index (κ2) is 18.6. The number of rotatable bonds is 8. The van der Waals surface area contributed by atoms with Crippen LogP contribution in [-0.4, -0.2) is 53.2 Å². The van der Waals surface area contributed by atoms with E-state index in [1.807, 2.05) is 42.1 Å². The summed E-state index contributed by atoms with van der Waals surface area (Å²) >= 11 is 0. The van der Waals surface area contributed by atoms with Gasteiger partial charge in [-0.05, 0) is 108 Å². The molecule has 52 heavy (non-hydrogen) atoms. The molecule has 5 N–H and O–H groups in total. The van der Waals surface area contributed by atoms with Crippen LogP contribution in [0.25, 0.3) is 21.9 Å². The number of ketones is 1. The number of ether oxygens (including phenoxy) is 2. The molecule has 2 atom stereocenters. The maximum atomic E-state index is 13.9. The smallest absolute Gasteiger partial charge is 0.168 e. The van der Waals surface area contributed by atoms with Crippen LogP contribution in [0.5, 0.6) is 23.0 Å². The molecule has 0 unspecified atom stereocenters. The van der Waals surface area contributed by atoms with E-state index in [1.165, 1.54) is 19.3 Å². The average molecular weight is 745 g/mol. The summed E-state index contributed by atoms with van der Waals surface area (Å²) < 4.78 is 12.7. The molecule has 10 heteroatoms. The number of nitrogens with one attached hydrogen (secondary N) is 2. The Kier molecular flexibility index (Phi) is 13.7. The van der Waals surface area contributed by atoms with Gasteiger partial charge in [0.2, 0.25) is 0 Å². The molecule has 1 saturated carbocycles. The Morgan fingerprint density at radius 1 is 0.865 bits per heavy atom. The standard InChI is InChI=1S/C42H52N2O6S2/c1-43-25-27-20-30(22-34(47)21-27)42(44-31-8-4-3-5-9-31)50-35-10-6-7-19-51-52-26-38-36(17-13-28-11-15-33(46)24-37(28)38)40-29(12-16-32(45)23-35)14-18-39(48)41(40)49-2/h11,13-15,17-18,20-22,24,31,35,42-44,46-48H,3-10,12,16,19,23,25-26H2,1-2H3/t35-,42-/m0/s1. The molecule has 2 aliphatic rings. The van der Waals surface area contributed by atoms with Gasteiger partial charge in [-0.2, -0.15) is 0 Å². The third kappa shape index (κ3) is 9.76. The third-order valence-corrected chi connectivity index (χ3v) is 12.6. The van der Waals surface area contributed by atoms with Gasteiger partial charge in [0.05, 0.1) is 13.2 Å². The van der Waals surface area contributed by atoms with Crippen molar-refractivity contribution in [2.75, 3.05) is 19.9 Å². The summed E-state index contributed by atoms with van der Waals surface area (Å²) in [6.45, 7) is 0.627. The van der Waals surface area contributed by atoms with Crippen molar-refractivity contribution in [2.45, 2.75) is 101 Å². The van der Waals surface area contributed by atoms with Crippen LogP contribution in [0.3, 0.4) is 0 Å². The molecule has 1 heterocycles. The maximum absolute atomic E-state index is 13.9. The number of hydrogen-bond donors (Lipinski definition) is 5. The monoisotopic (exact) mass is 744 g/mol. The zero-order chi connectivity index (χ0) is 36.5. The van der Waals surface area contributed by atoms with E-state index in [-0.39, 0.29) is 35.6 Å². The van der Waals surface area contributed by atoms with Crippen LogP contribution in [0.1, 0.15) is 92.7 Å². The van der Waals surface area contributed by atoms with E-state index in [0.717, 1.165) is 82.0 Å². The van der Waals surface area contributed by atoms with Gasteiger partial charge in [0.1, 0.15) is 23.5 Å². The Hall–Kier alpha value is -3.41. The number of phenolic OH excluding ortho intramolecular Hbond substituents is 3. The summed E-state index contributed by atoms with van der Waals surface area (Å²) in [7, 11) is 7.06. The van der Waals surface area contributed by atoms with Crippen LogP contribution in [0.4, 0.5) is 0 Å². The number of fused-ring (bicyclic) bond motifs is 5. The first-order valence-corrected chi connectivity index (χ1v) is 21.1.